The fourth-order valence-corrected chi connectivity index (χ4v) is 5.88. The van der Waals surface area contributed by atoms with Crippen molar-refractivity contribution in [1.82, 2.24) is 14.8 Å². The fraction of sp³-hybridized carbons (Fsp3) is 0.143. The first-order chi connectivity index (χ1) is 19.1. The Bertz CT molecular complexity index is 1840. The van der Waals surface area contributed by atoms with Crippen molar-refractivity contribution < 1.29 is 4.42 Å². The van der Waals surface area contributed by atoms with Gasteiger partial charge in [0.1, 0.15) is 11.3 Å². The summed E-state index contributed by atoms with van der Waals surface area (Å²) in [5.41, 5.74) is 10.1. The minimum atomic E-state index is 0.518. The number of benzene rings is 4. The molecule has 39 heavy (non-hydrogen) atoms. The van der Waals surface area contributed by atoms with E-state index in [0.717, 1.165) is 57.4 Å². The van der Waals surface area contributed by atoms with Crippen LogP contribution in [0.1, 0.15) is 30.7 Å². The first-order valence-corrected chi connectivity index (χ1v) is 13.5. The monoisotopic (exact) mass is 507 g/mol. The molecule has 2 aromatic heterocycles. The lowest BCUT2D eigenvalue weighted by atomic mass is 9.88. The van der Waals surface area contributed by atoms with E-state index in [0.29, 0.717) is 5.92 Å². The van der Waals surface area contributed by atoms with Crippen molar-refractivity contribution >= 4 is 16.5 Å². The number of furan rings is 1. The Morgan fingerprint density at radius 2 is 1.36 bits per heavy atom. The standard InChI is InChI=1S/C35H29N3O/c1-22-18-24(3)32-30(20-22)31-21-23(2)19-29(33(31)39-32)25-14-16-27(17-15-25)35-37-36-34(26-10-6-4-7-11-26)38(35)28-12-8-5-9-13-28/h4-19,21-22H,20H2,1-3H3. The van der Waals surface area contributed by atoms with E-state index >= 15 is 0 Å². The molecule has 0 saturated carbocycles. The van der Waals surface area contributed by atoms with Crippen molar-refractivity contribution in [2.45, 2.75) is 27.2 Å². The summed E-state index contributed by atoms with van der Waals surface area (Å²) in [4.78, 5) is 0. The maximum Gasteiger partial charge on any atom is 0.168 e. The highest BCUT2D eigenvalue weighted by Gasteiger charge is 2.24. The highest BCUT2D eigenvalue weighted by molar-refractivity contribution is 5.98. The van der Waals surface area contributed by atoms with E-state index in [4.69, 9.17) is 4.42 Å². The Labute approximate surface area is 228 Å². The Kier molecular flexibility index (Phi) is 5.55. The second-order valence-electron chi connectivity index (χ2n) is 10.6. The van der Waals surface area contributed by atoms with Crippen LogP contribution in [-0.2, 0) is 6.42 Å². The molecule has 4 aromatic carbocycles. The minimum Gasteiger partial charge on any atom is -0.455 e. The summed E-state index contributed by atoms with van der Waals surface area (Å²) < 4.78 is 8.67. The number of nitrogens with zero attached hydrogens (tertiary/aromatic N) is 3. The zero-order valence-corrected chi connectivity index (χ0v) is 22.3. The van der Waals surface area contributed by atoms with Crippen LogP contribution in [0.5, 0.6) is 0 Å². The molecular weight excluding hydrogens is 478 g/mol. The average Bonchev–Trinajstić information content (AvgIpc) is 3.56. The maximum absolute atomic E-state index is 6.54. The molecule has 1 atom stereocenters. The molecular formula is C35H29N3O. The first-order valence-electron chi connectivity index (χ1n) is 13.5. The number of hydrogen-bond donors (Lipinski definition) is 0. The van der Waals surface area contributed by atoms with E-state index in [9.17, 15) is 0 Å². The molecule has 2 heterocycles. The van der Waals surface area contributed by atoms with Gasteiger partial charge in [-0.25, -0.2) is 0 Å². The van der Waals surface area contributed by atoms with Crippen LogP contribution in [0.3, 0.4) is 0 Å². The fourth-order valence-electron chi connectivity index (χ4n) is 5.88. The van der Waals surface area contributed by atoms with E-state index < -0.39 is 0 Å². The van der Waals surface area contributed by atoms with Gasteiger partial charge < -0.3 is 4.42 Å². The Balaban J connectivity index is 1.34. The third-order valence-corrected chi connectivity index (χ3v) is 7.62. The van der Waals surface area contributed by atoms with Gasteiger partial charge in [-0.3, -0.25) is 4.57 Å². The third kappa shape index (κ3) is 4.00. The van der Waals surface area contributed by atoms with Gasteiger partial charge in [0.05, 0.1) is 0 Å². The summed E-state index contributed by atoms with van der Waals surface area (Å²) in [6, 6.07) is 33.6. The Hall–Kier alpha value is -4.70. The molecule has 0 saturated heterocycles. The average molecular weight is 508 g/mol. The Morgan fingerprint density at radius 1 is 0.744 bits per heavy atom. The highest BCUT2D eigenvalue weighted by Crippen LogP contribution is 2.41. The number of fused-ring (bicyclic) bond motifs is 3. The van der Waals surface area contributed by atoms with Crippen molar-refractivity contribution in [2.24, 2.45) is 5.92 Å². The zero-order valence-electron chi connectivity index (χ0n) is 22.3. The molecule has 1 aliphatic rings. The van der Waals surface area contributed by atoms with Gasteiger partial charge in [-0.1, -0.05) is 85.8 Å². The topological polar surface area (TPSA) is 43.9 Å². The lowest BCUT2D eigenvalue weighted by Gasteiger charge is -2.14. The van der Waals surface area contributed by atoms with Crippen LogP contribution in [0.15, 0.2) is 108 Å². The predicted octanol–water partition coefficient (Wildman–Crippen LogP) is 8.92. The number of aromatic nitrogens is 3. The van der Waals surface area contributed by atoms with Crippen molar-refractivity contribution in [3.63, 3.8) is 0 Å². The number of para-hydroxylation sites is 1. The molecule has 4 nitrogen and oxygen atoms in total. The molecule has 0 radical (unpaired) electrons. The van der Waals surface area contributed by atoms with Crippen molar-refractivity contribution in [3.8, 4) is 39.6 Å². The largest absolute Gasteiger partial charge is 0.455 e. The quantitative estimate of drug-likeness (QED) is 0.239. The smallest absolute Gasteiger partial charge is 0.168 e. The second kappa shape index (κ2) is 9.25. The van der Waals surface area contributed by atoms with Gasteiger partial charge in [-0.2, -0.15) is 0 Å². The summed E-state index contributed by atoms with van der Waals surface area (Å²) in [5.74, 6) is 3.18. The van der Waals surface area contributed by atoms with E-state index in [1.54, 1.807) is 0 Å². The van der Waals surface area contributed by atoms with Crippen LogP contribution in [-0.4, -0.2) is 14.8 Å². The SMILES string of the molecule is CC1=CC(C)Cc2c1oc1c(-c3ccc(-c4nnc(-c5ccccc5)n4-c4ccccc4)cc3)cc(C)cc21. The van der Waals surface area contributed by atoms with E-state index in [1.807, 2.05) is 36.4 Å². The molecule has 0 amide bonds. The van der Waals surface area contributed by atoms with Gasteiger partial charge in [0.25, 0.3) is 0 Å². The second-order valence-corrected chi connectivity index (χ2v) is 10.6. The Morgan fingerprint density at radius 3 is 2.05 bits per heavy atom. The number of rotatable bonds is 4. The molecule has 190 valence electrons. The van der Waals surface area contributed by atoms with Crippen LogP contribution < -0.4 is 0 Å². The van der Waals surface area contributed by atoms with Crippen molar-refractivity contribution in [2.75, 3.05) is 0 Å². The first kappa shape index (κ1) is 23.4. The summed E-state index contributed by atoms with van der Waals surface area (Å²) in [6.07, 6.45) is 3.33. The molecule has 1 aliphatic carbocycles. The van der Waals surface area contributed by atoms with Gasteiger partial charge >= 0.3 is 0 Å². The molecule has 1 unspecified atom stereocenters. The van der Waals surface area contributed by atoms with Crippen molar-refractivity contribution in [1.29, 1.82) is 0 Å². The molecule has 6 aromatic rings. The normalized spacial score (nSPS) is 14.8. The number of aryl methyl sites for hydroxylation is 1. The zero-order chi connectivity index (χ0) is 26.5. The summed E-state index contributed by atoms with van der Waals surface area (Å²) in [5, 5.41) is 10.5. The van der Waals surface area contributed by atoms with Gasteiger partial charge in [-0.15, -0.1) is 10.2 Å². The predicted molar refractivity (Wildman–Crippen MR) is 159 cm³/mol. The van der Waals surface area contributed by atoms with Crippen LogP contribution in [0.4, 0.5) is 0 Å². The lowest BCUT2D eigenvalue weighted by Crippen LogP contribution is -2.03. The molecule has 0 spiro atoms. The molecule has 0 fully saturated rings. The van der Waals surface area contributed by atoms with Crippen LogP contribution >= 0.6 is 0 Å². The third-order valence-electron chi connectivity index (χ3n) is 7.62. The number of hydrogen-bond acceptors (Lipinski definition) is 3. The van der Waals surface area contributed by atoms with Crippen molar-refractivity contribution in [3.05, 3.63) is 120 Å². The number of allylic oxidation sites excluding steroid dienone is 2. The molecule has 0 N–H and O–H groups in total. The van der Waals surface area contributed by atoms with Gasteiger partial charge in [0, 0.05) is 33.3 Å². The van der Waals surface area contributed by atoms with E-state index in [1.165, 1.54) is 22.1 Å². The summed E-state index contributed by atoms with van der Waals surface area (Å²) in [6.45, 7) is 6.60. The summed E-state index contributed by atoms with van der Waals surface area (Å²) >= 11 is 0. The molecule has 0 aliphatic heterocycles. The van der Waals surface area contributed by atoms with E-state index in [-0.39, 0.29) is 0 Å². The van der Waals surface area contributed by atoms with Crippen LogP contribution in [0.2, 0.25) is 0 Å². The van der Waals surface area contributed by atoms with Gasteiger partial charge in [0.2, 0.25) is 0 Å². The lowest BCUT2D eigenvalue weighted by molar-refractivity contribution is 0.578. The van der Waals surface area contributed by atoms with Crippen LogP contribution in [0.25, 0.3) is 56.1 Å². The van der Waals surface area contributed by atoms with Crippen LogP contribution in [0, 0.1) is 12.8 Å². The molecule has 7 rings (SSSR count). The molecule has 4 heteroatoms. The van der Waals surface area contributed by atoms with E-state index in [2.05, 4.69) is 102 Å². The molecule has 0 bridgehead atoms. The van der Waals surface area contributed by atoms with Gasteiger partial charge in [0.15, 0.2) is 11.6 Å². The van der Waals surface area contributed by atoms with Gasteiger partial charge in [-0.05, 0) is 67.2 Å². The summed E-state index contributed by atoms with van der Waals surface area (Å²) in [7, 11) is 0. The maximum atomic E-state index is 6.54. The highest BCUT2D eigenvalue weighted by atomic mass is 16.3. The minimum absolute atomic E-state index is 0.518.